The number of aromatic carboxylic acids is 1. The van der Waals surface area contributed by atoms with Crippen molar-refractivity contribution in [3.63, 3.8) is 0 Å². The van der Waals surface area contributed by atoms with Crippen LogP contribution in [-0.2, 0) is 6.54 Å². The fourth-order valence-electron chi connectivity index (χ4n) is 2.87. The van der Waals surface area contributed by atoms with Crippen LogP contribution in [0.15, 0.2) is 48.5 Å². The number of carboxylic acids is 1. The molecule has 120 valence electrons. The monoisotopic (exact) mass is 310 g/mol. The van der Waals surface area contributed by atoms with E-state index in [0.717, 1.165) is 43.9 Å². The molecular formula is C19H22N2O2. The summed E-state index contributed by atoms with van der Waals surface area (Å²) in [5, 5.41) is 8.95. The van der Waals surface area contributed by atoms with Crippen LogP contribution in [0.1, 0.15) is 15.9 Å². The molecule has 4 nitrogen and oxygen atoms in total. The van der Waals surface area contributed by atoms with E-state index in [4.69, 9.17) is 5.11 Å². The topological polar surface area (TPSA) is 43.8 Å². The van der Waals surface area contributed by atoms with E-state index >= 15 is 0 Å². The maximum Gasteiger partial charge on any atom is 0.335 e. The van der Waals surface area contributed by atoms with Crippen LogP contribution in [-0.4, -0.2) is 54.1 Å². The van der Waals surface area contributed by atoms with Crippen molar-refractivity contribution >= 4 is 5.97 Å². The Balaban J connectivity index is 1.65. The van der Waals surface area contributed by atoms with Crippen molar-refractivity contribution in [3.05, 3.63) is 59.7 Å². The molecule has 0 bridgehead atoms. The predicted octanol–water partition coefficient (Wildman–Crippen LogP) is 2.80. The van der Waals surface area contributed by atoms with Gasteiger partial charge in [-0.05, 0) is 35.9 Å². The molecule has 1 heterocycles. The van der Waals surface area contributed by atoms with Gasteiger partial charge >= 0.3 is 5.97 Å². The van der Waals surface area contributed by atoms with Crippen molar-refractivity contribution in [1.82, 2.24) is 9.80 Å². The summed E-state index contributed by atoms with van der Waals surface area (Å²) in [6.07, 6.45) is 0. The Morgan fingerprint density at radius 2 is 1.43 bits per heavy atom. The van der Waals surface area contributed by atoms with Crippen LogP contribution in [0.3, 0.4) is 0 Å². The molecule has 0 spiro atoms. The highest BCUT2D eigenvalue weighted by Crippen LogP contribution is 2.21. The molecule has 1 aliphatic rings. The SMILES string of the molecule is CN1CCN(Cc2ccc(-c3ccc(C(=O)O)cc3)cc2)CC1. The fourth-order valence-corrected chi connectivity index (χ4v) is 2.87. The summed E-state index contributed by atoms with van der Waals surface area (Å²) in [5.74, 6) is -0.890. The zero-order valence-corrected chi connectivity index (χ0v) is 13.4. The Labute approximate surface area is 137 Å². The highest BCUT2D eigenvalue weighted by Gasteiger charge is 2.13. The third kappa shape index (κ3) is 3.97. The molecule has 1 fully saturated rings. The number of carboxylic acid groups (broad SMARTS) is 1. The van der Waals surface area contributed by atoms with Crippen LogP contribution in [0.4, 0.5) is 0 Å². The minimum absolute atomic E-state index is 0.320. The minimum atomic E-state index is -0.890. The van der Waals surface area contributed by atoms with E-state index in [9.17, 15) is 4.79 Å². The van der Waals surface area contributed by atoms with Gasteiger partial charge in [-0.1, -0.05) is 36.4 Å². The second kappa shape index (κ2) is 6.94. The first kappa shape index (κ1) is 15.7. The molecule has 0 aliphatic carbocycles. The quantitative estimate of drug-likeness (QED) is 0.943. The molecule has 0 saturated carbocycles. The molecule has 0 amide bonds. The summed E-state index contributed by atoms with van der Waals surface area (Å²) in [6.45, 7) is 5.50. The third-order valence-electron chi connectivity index (χ3n) is 4.42. The number of benzene rings is 2. The van der Waals surface area contributed by atoms with Crippen LogP contribution in [0.25, 0.3) is 11.1 Å². The highest BCUT2D eigenvalue weighted by atomic mass is 16.4. The summed E-state index contributed by atoms with van der Waals surface area (Å²) in [7, 11) is 2.17. The lowest BCUT2D eigenvalue weighted by Crippen LogP contribution is -2.43. The van der Waals surface area contributed by atoms with E-state index in [1.165, 1.54) is 5.56 Å². The van der Waals surface area contributed by atoms with Gasteiger partial charge in [-0.15, -0.1) is 0 Å². The van der Waals surface area contributed by atoms with Gasteiger partial charge in [0.15, 0.2) is 0 Å². The molecule has 1 aliphatic heterocycles. The first-order chi connectivity index (χ1) is 11.1. The van der Waals surface area contributed by atoms with Crippen LogP contribution >= 0.6 is 0 Å². The Bertz CT molecular complexity index is 657. The molecule has 0 aromatic heterocycles. The van der Waals surface area contributed by atoms with Crippen molar-refractivity contribution in [2.45, 2.75) is 6.54 Å². The Morgan fingerprint density at radius 3 is 1.96 bits per heavy atom. The molecule has 4 heteroatoms. The maximum absolute atomic E-state index is 10.9. The van der Waals surface area contributed by atoms with Crippen molar-refractivity contribution in [2.75, 3.05) is 33.2 Å². The molecule has 0 atom stereocenters. The number of rotatable bonds is 4. The van der Waals surface area contributed by atoms with Gasteiger partial charge in [0.1, 0.15) is 0 Å². The molecule has 2 aromatic rings. The molecule has 1 N–H and O–H groups in total. The van der Waals surface area contributed by atoms with Crippen LogP contribution < -0.4 is 0 Å². The highest BCUT2D eigenvalue weighted by molar-refractivity contribution is 5.88. The Kier molecular flexibility index (Phi) is 4.74. The molecule has 0 unspecified atom stereocenters. The summed E-state index contributed by atoms with van der Waals surface area (Å²) in [4.78, 5) is 15.7. The standard InChI is InChI=1S/C19H22N2O2/c1-20-10-12-21(13-11-20)14-15-2-4-16(5-3-15)17-6-8-18(9-7-17)19(22)23/h2-9H,10-14H2,1H3,(H,22,23). The van der Waals surface area contributed by atoms with E-state index < -0.39 is 5.97 Å². The number of likely N-dealkylation sites (N-methyl/N-ethyl adjacent to an activating group) is 1. The number of nitrogens with zero attached hydrogens (tertiary/aromatic N) is 2. The Morgan fingerprint density at radius 1 is 0.913 bits per heavy atom. The average Bonchev–Trinajstić information content (AvgIpc) is 2.58. The molecular weight excluding hydrogens is 288 g/mol. The van der Waals surface area contributed by atoms with Crippen molar-refractivity contribution in [1.29, 1.82) is 0 Å². The van der Waals surface area contributed by atoms with Crippen molar-refractivity contribution in [3.8, 4) is 11.1 Å². The maximum atomic E-state index is 10.9. The largest absolute Gasteiger partial charge is 0.478 e. The molecule has 3 rings (SSSR count). The number of hydrogen-bond acceptors (Lipinski definition) is 3. The summed E-state index contributed by atoms with van der Waals surface area (Å²) < 4.78 is 0. The minimum Gasteiger partial charge on any atom is -0.478 e. The van der Waals surface area contributed by atoms with Crippen LogP contribution in [0.2, 0.25) is 0 Å². The van der Waals surface area contributed by atoms with Crippen molar-refractivity contribution in [2.24, 2.45) is 0 Å². The van der Waals surface area contributed by atoms with Gasteiger partial charge in [0, 0.05) is 32.7 Å². The lowest BCUT2D eigenvalue weighted by Gasteiger charge is -2.32. The summed E-state index contributed by atoms with van der Waals surface area (Å²) in [5.41, 5.74) is 3.80. The number of hydrogen-bond donors (Lipinski definition) is 1. The van der Waals surface area contributed by atoms with Crippen LogP contribution in [0, 0.1) is 0 Å². The van der Waals surface area contributed by atoms with Gasteiger partial charge in [0.2, 0.25) is 0 Å². The molecule has 2 aromatic carbocycles. The van der Waals surface area contributed by atoms with Crippen LogP contribution in [0.5, 0.6) is 0 Å². The summed E-state index contributed by atoms with van der Waals surface area (Å²) in [6, 6.07) is 15.6. The van der Waals surface area contributed by atoms with Gasteiger partial charge in [0.25, 0.3) is 0 Å². The Hall–Kier alpha value is -2.17. The molecule has 1 saturated heterocycles. The van der Waals surface area contributed by atoms with E-state index in [0.29, 0.717) is 5.56 Å². The predicted molar refractivity (Wildman–Crippen MR) is 91.6 cm³/mol. The van der Waals surface area contributed by atoms with E-state index in [-0.39, 0.29) is 0 Å². The zero-order chi connectivity index (χ0) is 16.2. The fraction of sp³-hybridized carbons (Fsp3) is 0.316. The number of carbonyl (C=O) groups is 1. The van der Waals surface area contributed by atoms with E-state index in [1.54, 1.807) is 12.1 Å². The lowest BCUT2D eigenvalue weighted by atomic mass is 10.0. The first-order valence-electron chi connectivity index (χ1n) is 7.95. The second-order valence-electron chi connectivity index (χ2n) is 6.16. The van der Waals surface area contributed by atoms with Gasteiger partial charge in [-0.3, -0.25) is 4.90 Å². The lowest BCUT2D eigenvalue weighted by molar-refractivity contribution is 0.0697. The summed E-state index contributed by atoms with van der Waals surface area (Å²) >= 11 is 0. The average molecular weight is 310 g/mol. The first-order valence-corrected chi connectivity index (χ1v) is 7.95. The molecule has 23 heavy (non-hydrogen) atoms. The van der Waals surface area contributed by atoms with Gasteiger partial charge in [0.05, 0.1) is 5.56 Å². The van der Waals surface area contributed by atoms with Crippen molar-refractivity contribution < 1.29 is 9.90 Å². The van der Waals surface area contributed by atoms with Gasteiger partial charge < -0.3 is 10.0 Å². The normalized spacial score (nSPS) is 16.4. The number of piperazine rings is 1. The molecule has 0 radical (unpaired) electrons. The second-order valence-corrected chi connectivity index (χ2v) is 6.16. The van der Waals surface area contributed by atoms with Gasteiger partial charge in [-0.25, -0.2) is 4.79 Å². The third-order valence-corrected chi connectivity index (χ3v) is 4.42. The van der Waals surface area contributed by atoms with Gasteiger partial charge in [-0.2, -0.15) is 0 Å². The zero-order valence-electron chi connectivity index (χ0n) is 13.4. The van der Waals surface area contributed by atoms with E-state index in [1.807, 2.05) is 12.1 Å². The smallest absolute Gasteiger partial charge is 0.335 e. The van der Waals surface area contributed by atoms with E-state index in [2.05, 4.69) is 41.1 Å².